The summed E-state index contributed by atoms with van der Waals surface area (Å²) in [5, 5.41) is 5.06. The van der Waals surface area contributed by atoms with Crippen LogP contribution in [0.1, 0.15) is 24.3 Å². The minimum atomic E-state index is -0.0730. The van der Waals surface area contributed by atoms with Gasteiger partial charge in [0.05, 0.1) is 6.04 Å². The first kappa shape index (κ1) is 15.1. The fraction of sp³-hybridized carbons (Fsp3) is 0.615. The van der Waals surface area contributed by atoms with E-state index in [-0.39, 0.29) is 17.9 Å². The summed E-state index contributed by atoms with van der Waals surface area (Å²) in [5.41, 5.74) is 5.58. The molecule has 2 unspecified atom stereocenters. The Morgan fingerprint density at radius 3 is 2.72 bits per heavy atom. The molecule has 0 saturated carbocycles. The van der Waals surface area contributed by atoms with Gasteiger partial charge in [0, 0.05) is 23.9 Å². The monoisotopic (exact) mass is 269 g/mol. The maximum Gasteiger partial charge on any atom is 0.224 e. The maximum atomic E-state index is 11.9. The molecule has 5 heteroatoms. The minimum absolute atomic E-state index is 0.0587. The third-order valence-electron chi connectivity index (χ3n) is 3.11. The zero-order valence-electron chi connectivity index (χ0n) is 11.3. The molecule has 4 nitrogen and oxygen atoms in total. The van der Waals surface area contributed by atoms with Crippen molar-refractivity contribution in [3.05, 3.63) is 22.4 Å². The number of hydrogen-bond donors (Lipinski definition) is 2. The van der Waals surface area contributed by atoms with Crippen LogP contribution in [0.4, 0.5) is 0 Å². The zero-order valence-corrected chi connectivity index (χ0v) is 12.2. The molecule has 0 saturated heterocycles. The van der Waals surface area contributed by atoms with Crippen LogP contribution in [-0.4, -0.2) is 38.0 Å². The van der Waals surface area contributed by atoms with Gasteiger partial charge in [-0.2, -0.15) is 0 Å². The smallest absolute Gasteiger partial charge is 0.224 e. The van der Waals surface area contributed by atoms with E-state index in [9.17, 15) is 4.79 Å². The van der Waals surface area contributed by atoms with Gasteiger partial charge < -0.3 is 16.0 Å². The molecule has 0 aromatic carbocycles. The van der Waals surface area contributed by atoms with Crippen LogP contribution in [0.3, 0.4) is 0 Å². The van der Waals surface area contributed by atoms with E-state index in [0.29, 0.717) is 13.1 Å². The normalized spacial score (nSPS) is 14.5. The van der Waals surface area contributed by atoms with Crippen molar-refractivity contribution in [1.82, 2.24) is 10.2 Å². The zero-order chi connectivity index (χ0) is 13.5. The van der Waals surface area contributed by atoms with E-state index >= 15 is 0 Å². The van der Waals surface area contributed by atoms with E-state index in [1.165, 1.54) is 4.88 Å². The molecule has 0 bridgehead atoms. The van der Waals surface area contributed by atoms with E-state index in [1.54, 1.807) is 11.3 Å². The van der Waals surface area contributed by atoms with Crippen molar-refractivity contribution in [3.63, 3.8) is 0 Å². The van der Waals surface area contributed by atoms with Crippen molar-refractivity contribution in [2.75, 3.05) is 27.2 Å². The number of likely N-dealkylation sites (N-methyl/N-ethyl adjacent to an activating group) is 1. The Labute approximate surface area is 113 Å². The molecule has 0 fully saturated rings. The van der Waals surface area contributed by atoms with Crippen LogP contribution in [-0.2, 0) is 4.79 Å². The highest BCUT2D eigenvalue weighted by atomic mass is 32.1. The maximum absolute atomic E-state index is 11.9. The molecule has 102 valence electrons. The van der Waals surface area contributed by atoms with Crippen molar-refractivity contribution in [2.24, 2.45) is 11.7 Å². The van der Waals surface area contributed by atoms with Crippen LogP contribution >= 0.6 is 11.3 Å². The Morgan fingerprint density at radius 1 is 1.56 bits per heavy atom. The summed E-state index contributed by atoms with van der Waals surface area (Å²) in [6.45, 7) is 3.02. The third-order valence-corrected chi connectivity index (χ3v) is 4.09. The fourth-order valence-electron chi connectivity index (χ4n) is 1.82. The van der Waals surface area contributed by atoms with E-state index < -0.39 is 0 Å². The van der Waals surface area contributed by atoms with Crippen LogP contribution in [0.2, 0.25) is 0 Å². The summed E-state index contributed by atoms with van der Waals surface area (Å²) in [4.78, 5) is 15.3. The lowest BCUT2D eigenvalue weighted by atomic mass is 10.1. The first-order chi connectivity index (χ1) is 8.60. The summed E-state index contributed by atoms with van der Waals surface area (Å²) < 4.78 is 0. The Kier molecular flexibility index (Phi) is 6.32. The highest BCUT2D eigenvalue weighted by molar-refractivity contribution is 7.10. The van der Waals surface area contributed by atoms with Gasteiger partial charge in [0.2, 0.25) is 5.91 Å². The van der Waals surface area contributed by atoms with Gasteiger partial charge in [-0.05, 0) is 32.0 Å². The average Bonchev–Trinajstić information content (AvgIpc) is 2.84. The lowest BCUT2D eigenvalue weighted by molar-refractivity contribution is -0.125. The molecular weight excluding hydrogens is 246 g/mol. The Hall–Kier alpha value is -0.910. The standard InChI is InChI=1S/C13H23N3OS/c1-4-10(8-14)13(17)15-9-11(16(2)3)12-6-5-7-18-12/h5-7,10-11H,4,8-9,14H2,1-3H3,(H,15,17). The second kappa shape index (κ2) is 7.51. The highest BCUT2D eigenvalue weighted by Crippen LogP contribution is 2.22. The van der Waals surface area contributed by atoms with Crippen molar-refractivity contribution in [3.8, 4) is 0 Å². The van der Waals surface area contributed by atoms with Crippen LogP contribution < -0.4 is 11.1 Å². The number of carbonyl (C=O) groups excluding carboxylic acids is 1. The molecule has 1 aromatic heterocycles. The van der Waals surface area contributed by atoms with Crippen LogP contribution in [0.15, 0.2) is 17.5 Å². The van der Waals surface area contributed by atoms with Crippen LogP contribution in [0, 0.1) is 5.92 Å². The molecule has 1 amide bonds. The van der Waals surface area contributed by atoms with Gasteiger partial charge in [-0.3, -0.25) is 4.79 Å². The van der Waals surface area contributed by atoms with Gasteiger partial charge in [0.15, 0.2) is 0 Å². The second-order valence-corrected chi connectivity index (χ2v) is 5.56. The molecule has 1 heterocycles. The molecule has 0 aliphatic rings. The topological polar surface area (TPSA) is 58.4 Å². The number of rotatable bonds is 7. The van der Waals surface area contributed by atoms with Crippen molar-refractivity contribution in [1.29, 1.82) is 0 Å². The first-order valence-corrected chi connectivity index (χ1v) is 7.15. The molecule has 1 aromatic rings. The number of hydrogen-bond acceptors (Lipinski definition) is 4. The molecule has 0 aliphatic carbocycles. The Morgan fingerprint density at radius 2 is 2.28 bits per heavy atom. The predicted octanol–water partition coefficient (Wildman–Crippen LogP) is 1.45. The van der Waals surface area contributed by atoms with Gasteiger partial charge >= 0.3 is 0 Å². The highest BCUT2D eigenvalue weighted by Gasteiger charge is 2.19. The van der Waals surface area contributed by atoms with Gasteiger partial charge in [0.1, 0.15) is 0 Å². The molecule has 3 N–H and O–H groups in total. The third kappa shape index (κ3) is 4.08. The summed E-state index contributed by atoms with van der Waals surface area (Å²) >= 11 is 1.71. The van der Waals surface area contributed by atoms with Gasteiger partial charge in [-0.25, -0.2) is 0 Å². The fourth-order valence-corrected chi connectivity index (χ4v) is 2.74. The Balaban J connectivity index is 2.56. The number of thiophene rings is 1. The number of carbonyl (C=O) groups is 1. The summed E-state index contributed by atoms with van der Waals surface area (Å²) in [6, 6.07) is 4.36. The summed E-state index contributed by atoms with van der Waals surface area (Å²) in [7, 11) is 4.05. The lowest BCUT2D eigenvalue weighted by Crippen LogP contribution is -2.39. The largest absolute Gasteiger partial charge is 0.354 e. The number of amides is 1. The minimum Gasteiger partial charge on any atom is -0.354 e. The molecular formula is C13H23N3OS. The van der Waals surface area contributed by atoms with E-state index in [1.807, 2.05) is 27.1 Å². The van der Waals surface area contributed by atoms with Gasteiger partial charge in [-0.1, -0.05) is 13.0 Å². The first-order valence-electron chi connectivity index (χ1n) is 6.27. The number of nitrogens with zero attached hydrogens (tertiary/aromatic N) is 1. The van der Waals surface area contributed by atoms with E-state index in [0.717, 1.165) is 6.42 Å². The molecule has 0 aliphatic heterocycles. The molecule has 0 spiro atoms. The van der Waals surface area contributed by atoms with Crippen molar-refractivity contribution in [2.45, 2.75) is 19.4 Å². The number of nitrogens with two attached hydrogens (primary N) is 1. The second-order valence-electron chi connectivity index (χ2n) is 4.58. The molecule has 1 rings (SSSR count). The van der Waals surface area contributed by atoms with Crippen molar-refractivity contribution < 1.29 is 4.79 Å². The molecule has 18 heavy (non-hydrogen) atoms. The predicted molar refractivity (Wildman–Crippen MR) is 76.6 cm³/mol. The quantitative estimate of drug-likeness (QED) is 0.788. The van der Waals surface area contributed by atoms with Crippen molar-refractivity contribution >= 4 is 17.2 Å². The lowest BCUT2D eigenvalue weighted by Gasteiger charge is -2.24. The van der Waals surface area contributed by atoms with Crippen LogP contribution in [0.5, 0.6) is 0 Å². The van der Waals surface area contributed by atoms with Gasteiger partial charge in [0.25, 0.3) is 0 Å². The van der Waals surface area contributed by atoms with Crippen LogP contribution in [0.25, 0.3) is 0 Å². The van der Waals surface area contributed by atoms with E-state index in [2.05, 4.69) is 21.7 Å². The summed E-state index contributed by atoms with van der Waals surface area (Å²) in [6.07, 6.45) is 0.786. The molecule has 2 atom stereocenters. The Bertz CT molecular complexity index is 347. The molecule has 0 radical (unpaired) electrons. The SMILES string of the molecule is CCC(CN)C(=O)NCC(c1cccs1)N(C)C. The number of nitrogens with one attached hydrogen (secondary N) is 1. The van der Waals surface area contributed by atoms with E-state index in [4.69, 9.17) is 5.73 Å². The van der Waals surface area contributed by atoms with Gasteiger partial charge in [-0.15, -0.1) is 11.3 Å². The summed E-state index contributed by atoms with van der Waals surface area (Å²) in [5.74, 6) is -0.0143. The average molecular weight is 269 g/mol.